The van der Waals surface area contributed by atoms with Crippen LogP contribution >= 0.6 is 11.8 Å². The van der Waals surface area contributed by atoms with Crippen molar-refractivity contribution in [1.82, 2.24) is 10.2 Å². The molecule has 116 valence electrons. The molecule has 2 heterocycles. The van der Waals surface area contributed by atoms with Crippen LogP contribution in [-0.2, 0) is 14.4 Å². The number of aliphatic carboxylic acids is 1. The molecular weight excluding hydrogens is 315 g/mol. The molecule has 0 spiro atoms. The molecule has 22 heavy (non-hydrogen) atoms. The molecule has 2 aliphatic heterocycles. The Morgan fingerprint density at radius 2 is 2.05 bits per heavy atom. The first-order chi connectivity index (χ1) is 9.79. The van der Waals surface area contributed by atoms with E-state index in [1.54, 1.807) is 19.9 Å². The second-order valence-corrected chi connectivity index (χ2v) is 7.48. The quantitative estimate of drug-likeness (QED) is 0.322. The molecule has 3 atom stereocenters. The molecule has 1 N–H and O–H groups in total. The van der Waals surface area contributed by atoms with Gasteiger partial charge in [0.25, 0.3) is 0 Å². The average Bonchev–Trinajstić information content (AvgIpc) is 2.65. The second-order valence-electron chi connectivity index (χ2n) is 5.71. The second kappa shape index (κ2) is 7.38. The molecule has 0 radical (unpaired) electrons. The van der Waals surface area contributed by atoms with Crippen LogP contribution in [0.1, 0.15) is 33.6 Å². The van der Waals surface area contributed by atoms with E-state index in [1.165, 1.54) is 16.7 Å². The maximum absolute atomic E-state index is 12.1. The molecular formula is C14H19N2NaO4S. The van der Waals surface area contributed by atoms with E-state index in [4.69, 9.17) is 0 Å². The molecule has 0 aromatic heterocycles. The van der Waals surface area contributed by atoms with Gasteiger partial charge in [-0.05, 0) is 20.3 Å². The monoisotopic (exact) mass is 334 g/mol. The van der Waals surface area contributed by atoms with Gasteiger partial charge in [0.1, 0.15) is 11.4 Å². The summed E-state index contributed by atoms with van der Waals surface area (Å²) in [6.45, 7) is 5.51. The minimum atomic E-state index is -1.25. The van der Waals surface area contributed by atoms with E-state index < -0.39 is 22.8 Å². The van der Waals surface area contributed by atoms with Crippen molar-refractivity contribution in [1.29, 1.82) is 0 Å². The van der Waals surface area contributed by atoms with E-state index in [0.29, 0.717) is 0 Å². The summed E-state index contributed by atoms with van der Waals surface area (Å²) in [6, 6.07) is -1.59. The number of carbonyl (C=O) groups excluding carboxylic acids is 3. The number of fused-ring (bicyclic) bond motifs is 1. The molecule has 2 aliphatic rings. The molecule has 0 aromatic rings. The van der Waals surface area contributed by atoms with Crippen LogP contribution in [0.4, 0.5) is 0 Å². The normalized spacial score (nSPS) is 28.8. The van der Waals surface area contributed by atoms with Gasteiger partial charge < -0.3 is 20.1 Å². The summed E-state index contributed by atoms with van der Waals surface area (Å²) in [5.41, 5.74) is 0. The standard InChI is InChI=1S/C14H20N2O4S.Na/c1-4-5-6-7-8(17)15-9-11(18)16-10(13(19)20)14(2,3)21-12(9)16;/h5-6,9-10,12H,4,7H2,1-3H3,(H,15,17)(H,19,20);/q;+1/p-1/b6-5+;/t9-,10+,12-;/m1./s1. The smallest absolute Gasteiger partial charge is 0.548 e. The SMILES string of the molecule is CC/C=C/CC(=O)N[C@@H]1C(=O)N2[C@@H]1SC(C)(C)[C@@H]2C(=O)[O-].[Na+]. The predicted molar refractivity (Wildman–Crippen MR) is 77.1 cm³/mol. The van der Waals surface area contributed by atoms with Gasteiger partial charge in [0, 0.05) is 11.2 Å². The Balaban J connectivity index is 0.00000242. The summed E-state index contributed by atoms with van der Waals surface area (Å²) < 4.78 is -0.624. The number of allylic oxidation sites excluding steroid dienone is 1. The van der Waals surface area contributed by atoms with Gasteiger partial charge in [-0.15, -0.1) is 11.8 Å². The van der Waals surface area contributed by atoms with E-state index in [-0.39, 0.29) is 53.2 Å². The van der Waals surface area contributed by atoms with Gasteiger partial charge in [-0.2, -0.15) is 0 Å². The molecule has 6 nitrogen and oxygen atoms in total. The summed E-state index contributed by atoms with van der Waals surface area (Å²) >= 11 is 1.39. The van der Waals surface area contributed by atoms with E-state index in [0.717, 1.165) is 6.42 Å². The van der Waals surface area contributed by atoms with E-state index in [1.807, 2.05) is 13.0 Å². The number of thioether (sulfide) groups is 1. The first kappa shape index (κ1) is 19.5. The Bertz CT molecular complexity index is 509. The summed E-state index contributed by atoms with van der Waals surface area (Å²) in [5, 5.41) is 13.6. The van der Waals surface area contributed by atoms with Gasteiger partial charge in [-0.3, -0.25) is 9.59 Å². The van der Waals surface area contributed by atoms with Crippen molar-refractivity contribution in [3.63, 3.8) is 0 Å². The van der Waals surface area contributed by atoms with Gasteiger partial charge in [0.2, 0.25) is 11.8 Å². The number of carbonyl (C=O) groups is 3. The zero-order chi connectivity index (χ0) is 15.8. The van der Waals surface area contributed by atoms with Crippen molar-refractivity contribution in [2.24, 2.45) is 0 Å². The van der Waals surface area contributed by atoms with Gasteiger partial charge in [-0.25, -0.2) is 0 Å². The maximum atomic E-state index is 12.1. The molecule has 0 aromatic carbocycles. The summed E-state index contributed by atoms with van der Waals surface area (Å²) in [5.74, 6) is -1.83. The zero-order valence-corrected chi connectivity index (χ0v) is 16.1. The van der Waals surface area contributed by atoms with Crippen LogP contribution in [0.15, 0.2) is 12.2 Å². The van der Waals surface area contributed by atoms with Gasteiger partial charge in [0.05, 0.1) is 12.0 Å². The van der Waals surface area contributed by atoms with Crippen molar-refractivity contribution in [3.05, 3.63) is 12.2 Å². The first-order valence-electron chi connectivity index (χ1n) is 6.94. The fraction of sp³-hybridized carbons (Fsp3) is 0.643. The largest absolute Gasteiger partial charge is 1.00 e. The Hall–Kier alpha value is -0.500. The Labute approximate surface area is 156 Å². The molecule has 2 rings (SSSR count). The van der Waals surface area contributed by atoms with Crippen LogP contribution in [0, 0.1) is 0 Å². The molecule has 0 saturated carbocycles. The number of rotatable bonds is 5. The van der Waals surface area contributed by atoms with Crippen molar-refractivity contribution in [2.75, 3.05) is 0 Å². The molecule has 0 bridgehead atoms. The number of amides is 2. The third kappa shape index (κ3) is 3.53. The average molecular weight is 334 g/mol. The number of nitrogens with zero attached hydrogens (tertiary/aromatic N) is 1. The Morgan fingerprint density at radius 1 is 1.41 bits per heavy atom. The maximum Gasteiger partial charge on any atom is 1.00 e. The first-order valence-corrected chi connectivity index (χ1v) is 7.82. The molecule has 0 unspecified atom stereocenters. The van der Waals surface area contributed by atoms with Crippen molar-refractivity contribution in [2.45, 2.75) is 55.8 Å². The predicted octanol–water partition coefficient (Wildman–Crippen LogP) is -3.36. The third-order valence-electron chi connectivity index (χ3n) is 3.69. The molecule has 2 amide bonds. The van der Waals surface area contributed by atoms with E-state index >= 15 is 0 Å². The van der Waals surface area contributed by atoms with E-state index in [2.05, 4.69) is 5.32 Å². The van der Waals surface area contributed by atoms with Crippen LogP contribution < -0.4 is 40.0 Å². The molecule has 8 heteroatoms. The third-order valence-corrected chi connectivity index (χ3v) is 5.26. The Morgan fingerprint density at radius 3 is 2.59 bits per heavy atom. The van der Waals surface area contributed by atoms with Gasteiger partial charge in [0.15, 0.2) is 0 Å². The number of carboxylic acid groups (broad SMARTS) is 1. The number of β-lactam (4-membered cyclic amide) rings is 1. The summed E-state index contributed by atoms with van der Waals surface area (Å²) in [7, 11) is 0. The van der Waals surface area contributed by atoms with Crippen LogP contribution in [0.3, 0.4) is 0 Å². The molecule has 0 aliphatic carbocycles. The Kier molecular flexibility index (Phi) is 6.56. The van der Waals surface area contributed by atoms with Crippen LogP contribution in [0.25, 0.3) is 0 Å². The fourth-order valence-corrected chi connectivity index (χ4v) is 4.34. The number of hydrogen-bond donors (Lipinski definition) is 1. The summed E-state index contributed by atoms with van der Waals surface area (Å²) in [6.07, 6.45) is 4.71. The van der Waals surface area contributed by atoms with Gasteiger partial charge in [-0.1, -0.05) is 19.1 Å². The van der Waals surface area contributed by atoms with Crippen molar-refractivity contribution < 1.29 is 49.0 Å². The zero-order valence-electron chi connectivity index (χ0n) is 13.3. The number of hydrogen-bond acceptors (Lipinski definition) is 5. The van der Waals surface area contributed by atoms with E-state index in [9.17, 15) is 19.5 Å². The van der Waals surface area contributed by atoms with Crippen LogP contribution in [0.5, 0.6) is 0 Å². The minimum absolute atomic E-state index is 0. The van der Waals surface area contributed by atoms with Crippen LogP contribution in [-0.4, -0.2) is 44.9 Å². The van der Waals surface area contributed by atoms with Crippen molar-refractivity contribution in [3.8, 4) is 0 Å². The number of nitrogens with one attached hydrogen (secondary N) is 1. The van der Waals surface area contributed by atoms with Crippen molar-refractivity contribution >= 4 is 29.5 Å². The number of carboxylic acids is 1. The fourth-order valence-electron chi connectivity index (χ4n) is 2.72. The topological polar surface area (TPSA) is 89.5 Å². The minimum Gasteiger partial charge on any atom is -0.548 e. The van der Waals surface area contributed by atoms with Gasteiger partial charge >= 0.3 is 29.6 Å². The van der Waals surface area contributed by atoms with Crippen LogP contribution in [0.2, 0.25) is 0 Å². The molecule has 2 saturated heterocycles. The summed E-state index contributed by atoms with van der Waals surface area (Å²) in [4.78, 5) is 36.4. The molecule has 2 fully saturated rings.